The Morgan fingerprint density at radius 3 is 1.90 bits per heavy atom. The minimum atomic E-state index is -1.59. The predicted octanol–water partition coefficient (Wildman–Crippen LogP) is 6.37. The summed E-state index contributed by atoms with van der Waals surface area (Å²) in [6, 6.07) is 0. The summed E-state index contributed by atoms with van der Waals surface area (Å²) in [6.45, 7) is 27.8. The van der Waals surface area contributed by atoms with Crippen LogP contribution in [0.4, 0.5) is 0 Å². The first-order chi connectivity index (χ1) is 8.60. The van der Waals surface area contributed by atoms with Crippen LogP contribution in [0.5, 0.6) is 0 Å². The molecule has 0 nitrogen and oxygen atoms in total. The molecule has 0 aromatic rings. The van der Waals surface area contributed by atoms with Gasteiger partial charge in [-0.25, -0.2) is 0 Å². The summed E-state index contributed by atoms with van der Waals surface area (Å²) in [5.41, 5.74) is 0. The summed E-state index contributed by atoms with van der Waals surface area (Å²) in [7, 11) is -0.990. The van der Waals surface area contributed by atoms with Gasteiger partial charge in [0.05, 0.1) is 0 Å². The fourth-order valence-corrected chi connectivity index (χ4v) is 57.9. The van der Waals surface area contributed by atoms with E-state index in [1.165, 1.54) is 5.90 Å². The molecule has 0 radical (unpaired) electrons. The molecule has 0 fully saturated rings. The first kappa shape index (κ1) is 19.8. The topological polar surface area (TPSA) is 0 Å². The Hall–Kier alpha value is 1.80. The van der Waals surface area contributed by atoms with Gasteiger partial charge in [0, 0.05) is 0 Å². The van der Waals surface area contributed by atoms with E-state index in [-0.39, 0.29) is 14.7 Å². The summed E-state index contributed by atoms with van der Waals surface area (Å²) < 4.78 is 0. The van der Waals surface area contributed by atoms with Crippen LogP contribution in [0.15, 0.2) is 0 Å². The molecule has 3 atom stereocenters. The van der Waals surface area contributed by atoms with E-state index in [4.69, 9.17) is 0 Å². The van der Waals surface area contributed by atoms with E-state index in [1.54, 1.807) is 0 Å². The molecule has 0 saturated heterocycles. The second kappa shape index (κ2) is 5.71. The van der Waals surface area contributed by atoms with Gasteiger partial charge in [-0.15, -0.1) is 0 Å². The third kappa shape index (κ3) is 3.65. The summed E-state index contributed by atoms with van der Waals surface area (Å²) in [6.07, 6.45) is -1.59. The van der Waals surface area contributed by atoms with E-state index in [0.29, 0.717) is 0 Å². The standard InChI is InChI=1S/C15H39P5/c1-14(2)15-19(7,8)16(3)12-18(5,6)13-17(4)20(15,9,10)11/h14-15,18-19H,13H2,1-11H3. The van der Waals surface area contributed by atoms with Crippen molar-refractivity contribution in [1.29, 1.82) is 0 Å². The molecule has 124 valence electrons. The Balaban J connectivity index is 3.67. The molecule has 5 heteroatoms. The van der Waals surface area contributed by atoms with Crippen molar-refractivity contribution < 1.29 is 0 Å². The van der Waals surface area contributed by atoms with Crippen molar-refractivity contribution in [2.75, 3.05) is 65.9 Å². The van der Waals surface area contributed by atoms with Crippen LogP contribution >= 0.6 is 35.2 Å². The second-order valence-corrected chi connectivity index (χ2v) is 40.4. The van der Waals surface area contributed by atoms with Crippen LogP contribution in [-0.4, -0.2) is 71.3 Å². The van der Waals surface area contributed by atoms with Crippen LogP contribution in [0.3, 0.4) is 0 Å². The molecule has 0 aromatic heterocycles. The first-order valence-electron chi connectivity index (χ1n) is 7.84. The van der Waals surface area contributed by atoms with Gasteiger partial charge in [0.1, 0.15) is 0 Å². The van der Waals surface area contributed by atoms with Crippen molar-refractivity contribution in [3.8, 4) is 5.37 Å². The Bertz CT molecular complexity index is 467. The van der Waals surface area contributed by atoms with Crippen LogP contribution in [0, 0.1) is 11.3 Å². The van der Waals surface area contributed by atoms with Crippen LogP contribution in [0.25, 0.3) is 0 Å². The molecule has 1 aliphatic rings. The predicted molar refractivity (Wildman–Crippen MR) is 118 cm³/mol. The maximum atomic E-state index is 4.22. The molecule has 0 amide bonds. The van der Waals surface area contributed by atoms with Gasteiger partial charge in [-0.05, 0) is 0 Å². The Kier molecular flexibility index (Phi) is 5.66. The summed E-state index contributed by atoms with van der Waals surface area (Å²) in [5, 5.41) is 5.25. The van der Waals surface area contributed by atoms with Crippen molar-refractivity contribution in [3.63, 3.8) is 0 Å². The molecule has 1 rings (SSSR count). The normalized spacial score (nSPS) is 41.8. The Labute approximate surface area is 131 Å². The summed E-state index contributed by atoms with van der Waals surface area (Å²) in [5.74, 6) is 2.39. The van der Waals surface area contributed by atoms with E-state index < -0.39 is 20.5 Å². The number of hydrogen-bond acceptors (Lipinski definition) is 0. The molecular weight excluding hydrogens is 335 g/mol. The average Bonchev–Trinajstić information content (AvgIpc) is 2.10. The van der Waals surface area contributed by atoms with Crippen molar-refractivity contribution >= 4 is 35.2 Å². The Morgan fingerprint density at radius 2 is 1.50 bits per heavy atom. The Morgan fingerprint density at radius 1 is 1.05 bits per heavy atom. The minimum absolute atomic E-state index is 0.0460. The molecule has 0 spiro atoms. The van der Waals surface area contributed by atoms with Crippen LogP contribution in [-0.2, 0) is 0 Å². The van der Waals surface area contributed by atoms with Gasteiger partial charge in [0.2, 0.25) is 0 Å². The molecular formula is C15H39P5. The third-order valence-electron chi connectivity index (χ3n) is 5.49. The van der Waals surface area contributed by atoms with Gasteiger partial charge in [0.15, 0.2) is 0 Å². The van der Waals surface area contributed by atoms with E-state index >= 15 is 0 Å². The molecule has 20 heavy (non-hydrogen) atoms. The average molecular weight is 374 g/mol. The molecule has 0 saturated carbocycles. The van der Waals surface area contributed by atoms with E-state index in [9.17, 15) is 0 Å². The molecule has 1 heterocycles. The number of rotatable bonds is 1. The van der Waals surface area contributed by atoms with Crippen molar-refractivity contribution in [1.82, 2.24) is 0 Å². The number of hydrogen-bond donors (Lipinski definition) is 0. The zero-order valence-corrected chi connectivity index (χ0v) is 20.4. The fourth-order valence-electron chi connectivity index (χ4n) is 4.80. The van der Waals surface area contributed by atoms with Gasteiger partial charge < -0.3 is 0 Å². The van der Waals surface area contributed by atoms with Gasteiger partial charge in [-0.1, -0.05) is 0 Å². The van der Waals surface area contributed by atoms with E-state index in [1.807, 2.05) is 0 Å². The molecule has 0 aliphatic carbocycles. The maximum absolute atomic E-state index is 4.22. The first-order valence-corrected chi connectivity index (χ1v) is 23.1. The molecule has 1 aliphatic heterocycles. The van der Waals surface area contributed by atoms with Crippen LogP contribution in [0.2, 0.25) is 0 Å². The van der Waals surface area contributed by atoms with Gasteiger partial charge in [-0.3, -0.25) is 0 Å². The fraction of sp³-hybridized carbons (Fsp3) is 0.933. The molecule has 0 N–H and O–H groups in total. The van der Waals surface area contributed by atoms with E-state index in [2.05, 4.69) is 79.2 Å². The third-order valence-corrected chi connectivity index (χ3v) is 45.3. The zero-order chi connectivity index (χ0) is 16.2. The SMILES string of the molecule is CC(C)C1[PH](C)(C)P(C)#C[PH](C)(C)CP(C)P1(C)(C)C. The van der Waals surface area contributed by atoms with Gasteiger partial charge in [-0.2, -0.15) is 0 Å². The zero-order valence-electron chi connectivity index (χ0n) is 15.7. The van der Waals surface area contributed by atoms with Gasteiger partial charge >= 0.3 is 132 Å². The van der Waals surface area contributed by atoms with Gasteiger partial charge in [0.25, 0.3) is 0 Å². The van der Waals surface area contributed by atoms with Crippen molar-refractivity contribution in [3.05, 3.63) is 0 Å². The summed E-state index contributed by atoms with van der Waals surface area (Å²) >= 11 is 0. The second-order valence-electron chi connectivity index (χ2n) is 9.54. The molecule has 3 unspecified atom stereocenters. The van der Waals surface area contributed by atoms with Crippen molar-refractivity contribution in [2.24, 2.45) is 5.92 Å². The van der Waals surface area contributed by atoms with Crippen LogP contribution < -0.4 is 0 Å². The summed E-state index contributed by atoms with van der Waals surface area (Å²) in [4.78, 5) is 0. The van der Waals surface area contributed by atoms with Crippen LogP contribution in [0.1, 0.15) is 13.8 Å². The van der Waals surface area contributed by atoms with Crippen molar-refractivity contribution in [2.45, 2.75) is 19.2 Å². The molecule has 0 bridgehead atoms. The molecule has 0 aromatic carbocycles. The van der Waals surface area contributed by atoms with E-state index in [0.717, 1.165) is 11.3 Å². The monoisotopic (exact) mass is 374 g/mol. The quantitative estimate of drug-likeness (QED) is 0.468.